The van der Waals surface area contributed by atoms with Crippen LogP contribution >= 0.6 is 0 Å². The van der Waals surface area contributed by atoms with Gasteiger partial charge in [0.2, 0.25) is 0 Å². The Kier molecular flexibility index (Phi) is 9.97. The van der Waals surface area contributed by atoms with Crippen LogP contribution in [0.4, 0.5) is 5.69 Å². The van der Waals surface area contributed by atoms with Gasteiger partial charge in [0, 0.05) is 24.7 Å². The third kappa shape index (κ3) is 6.68. The summed E-state index contributed by atoms with van der Waals surface area (Å²) in [5, 5.41) is 22.7. The molecule has 124 valence electrons. The Morgan fingerprint density at radius 3 is 2.05 bits per heavy atom. The number of carboxylic acids is 2. The van der Waals surface area contributed by atoms with Gasteiger partial charge >= 0.3 is 11.9 Å². The quantitative estimate of drug-likeness (QED) is 0.507. The Balaban J connectivity index is 0. The number of aliphatic carboxylic acids is 2. The molecule has 9 heteroatoms. The summed E-state index contributed by atoms with van der Waals surface area (Å²) >= 11 is 0. The number of amides is 1. The van der Waals surface area contributed by atoms with Crippen LogP contribution in [0.5, 0.6) is 0 Å². The minimum atomic E-state index is -1.26. The summed E-state index contributed by atoms with van der Waals surface area (Å²) in [7, 11) is 1.74. The van der Waals surface area contributed by atoms with Gasteiger partial charge in [-0.2, -0.15) is 0 Å². The van der Waals surface area contributed by atoms with Gasteiger partial charge in [0.15, 0.2) is 0 Å². The van der Waals surface area contributed by atoms with Crippen LogP contribution in [0.1, 0.15) is 23.2 Å². The largest absolute Gasteiger partial charge is 0.481 e. The normalized spacial score (nSPS) is 10.4. The van der Waals surface area contributed by atoms with Crippen LogP contribution < -0.4 is 10.6 Å². The lowest BCUT2D eigenvalue weighted by atomic mass is 10.1. The van der Waals surface area contributed by atoms with Crippen LogP contribution in [0.2, 0.25) is 0 Å². The van der Waals surface area contributed by atoms with Crippen molar-refractivity contribution in [3.05, 3.63) is 29.8 Å². The Morgan fingerprint density at radius 2 is 1.64 bits per heavy atom. The fourth-order valence-electron chi connectivity index (χ4n) is 1.56. The number of carbonyl (C=O) groups is 3. The van der Waals surface area contributed by atoms with E-state index in [9.17, 15) is 14.4 Å². The zero-order valence-electron chi connectivity index (χ0n) is 11.9. The van der Waals surface area contributed by atoms with Gasteiger partial charge in [-0.3, -0.25) is 9.59 Å². The predicted molar refractivity (Wildman–Crippen MR) is 79.0 cm³/mol. The number of nitrogens with one attached hydrogen (secondary N) is 2. The van der Waals surface area contributed by atoms with Gasteiger partial charge in [0.25, 0.3) is 5.91 Å². The Morgan fingerprint density at radius 1 is 1.09 bits per heavy atom. The summed E-state index contributed by atoms with van der Waals surface area (Å²) in [6, 6.07) is 5.25. The molecule has 1 rings (SSSR count). The summed E-state index contributed by atoms with van der Waals surface area (Å²) in [6.45, 7) is 0. The molecule has 1 amide bonds. The monoisotopic (exact) mass is 316 g/mol. The fraction of sp³-hybridized carbons (Fsp3) is 0.308. The molecule has 22 heavy (non-hydrogen) atoms. The molecule has 0 heterocycles. The molecule has 0 bridgehead atoms. The van der Waals surface area contributed by atoms with E-state index in [2.05, 4.69) is 10.6 Å². The van der Waals surface area contributed by atoms with E-state index in [0.29, 0.717) is 5.56 Å². The molecule has 0 aliphatic carbocycles. The number of anilines is 1. The summed E-state index contributed by atoms with van der Waals surface area (Å²) in [6.07, 6.45) is -0.485. The first-order chi connectivity index (χ1) is 9.43. The van der Waals surface area contributed by atoms with Gasteiger partial charge in [0.05, 0.1) is 0 Å². The van der Waals surface area contributed by atoms with Gasteiger partial charge in [-0.05, 0) is 30.7 Å². The van der Waals surface area contributed by atoms with Crippen molar-refractivity contribution in [3.8, 4) is 0 Å². The van der Waals surface area contributed by atoms with Crippen molar-refractivity contribution >= 4 is 23.5 Å². The van der Waals surface area contributed by atoms with Crippen molar-refractivity contribution in [2.24, 2.45) is 0 Å². The Bertz CT molecular complexity index is 502. The number of hydrogen-bond donors (Lipinski definition) is 4. The SMILES string of the molecule is CNc1ccc(C(=O)N[C@@H](CCC(=O)O)C(=O)O)cc1.O.O. The van der Waals surface area contributed by atoms with Crippen molar-refractivity contribution < 1.29 is 35.5 Å². The van der Waals surface area contributed by atoms with Gasteiger partial charge in [0.1, 0.15) is 6.04 Å². The summed E-state index contributed by atoms with van der Waals surface area (Å²) < 4.78 is 0. The van der Waals surface area contributed by atoms with E-state index in [-0.39, 0.29) is 23.8 Å². The molecule has 0 spiro atoms. The molecule has 1 atom stereocenters. The molecular weight excluding hydrogens is 296 g/mol. The van der Waals surface area contributed by atoms with E-state index in [0.717, 1.165) is 5.69 Å². The van der Waals surface area contributed by atoms with Crippen molar-refractivity contribution in [1.29, 1.82) is 0 Å². The third-order valence-corrected chi connectivity index (χ3v) is 2.69. The Labute approximate surface area is 126 Å². The molecule has 9 nitrogen and oxygen atoms in total. The van der Waals surface area contributed by atoms with Crippen LogP contribution in [-0.4, -0.2) is 52.1 Å². The second-order valence-electron chi connectivity index (χ2n) is 4.12. The van der Waals surface area contributed by atoms with E-state index in [1.807, 2.05) is 0 Å². The lowest BCUT2D eigenvalue weighted by molar-refractivity contribution is -0.140. The van der Waals surface area contributed by atoms with E-state index in [1.54, 1.807) is 31.3 Å². The summed E-state index contributed by atoms with van der Waals surface area (Å²) in [5.41, 5.74) is 1.13. The van der Waals surface area contributed by atoms with E-state index < -0.39 is 23.9 Å². The summed E-state index contributed by atoms with van der Waals surface area (Å²) in [5.74, 6) is -2.92. The van der Waals surface area contributed by atoms with Crippen molar-refractivity contribution in [3.63, 3.8) is 0 Å². The molecule has 1 aromatic carbocycles. The third-order valence-electron chi connectivity index (χ3n) is 2.69. The number of carbonyl (C=O) groups excluding carboxylic acids is 1. The van der Waals surface area contributed by atoms with Gasteiger partial charge < -0.3 is 31.8 Å². The predicted octanol–water partition coefficient (Wildman–Crippen LogP) is -0.873. The minimum Gasteiger partial charge on any atom is -0.481 e. The number of hydrogen-bond acceptors (Lipinski definition) is 4. The van der Waals surface area contributed by atoms with Gasteiger partial charge in [-0.1, -0.05) is 0 Å². The fourth-order valence-corrected chi connectivity index (χ4v) is 1.56. The van der Waals surface area contributed by atoms with Crippen LogP contribution in [-0.2, 0) is 9.59 Å². The molecule has 8 N–H and O–H groups in total. The lowest BCUT2D eigenvalue weighted by Crippen LogP contribution is -2.41. The highest BCUT2D eigenvalue weighted by atomic mass is 16.4. The summed E-state index contributed by atoms with van der Waals surface area (Å²) in [4.78, 5) is 33.3. The maximum atomic E-state index is 11.9. The molecule has 0 unspecified atom stereocenters. The second kappa shape index (κ2) is 10.1. The Hall–Kier alpha value is -2.65. The average molecular weight is 316 g/mol. The van der Waals surface area contributed by atoms with Crippen LogP contribution in [0, 0.1) is 0 Å². The van der Waals surface area contributed by atoms with E-state index >= 15 is 0 Å². The molecule has 0 aliphatic rings. The standard InChI is InChI=1S/C13H16N2O5.2H2O/c1-14-9-4-2-8(3-5-9)12(18)15-10(13(19)20)6-7-11(16)17;;/h2-5,10,14H,6-7H2,1H3,(H,15,18)(H,16,17)(H,19,20);2*1H2/t10-;;/m0../s1. The molecule has 0 saturated carbocycles. The first-order valence-corrected chi connectivity index (χ1v) is 5.97. The molecule has 0 fully saturated rings. The first kappa shape index (κ1) is 21.6. The zero-order chi connectivity index (χ0) is 15.1. The lowest BCUT2D eigenvalue weighted by Gasteiger charge is -2.13. The smallest absolute Gasteiger partial charge is 0.326 e. The topological polar surface area (TPSA) is 179 Å². The van der Waals surface area contributed by atoms with Crippen LogP contribution in [0.25, 0.3) is 0 Å². The highest BCUT2D eigenvalue weighted by Crippen LogP contribution is 2.09. The molecule has 0 aliphatic heterocycles. The molecule has 0 saturated heterocycles. The number of benzene rings is 1. The minimum absolute atomic E-state index is 0. The van der Waals surface area contributed by atoms with Crippen molar-refractivity contribution in [1.82, 2.24) is 5.32 Å². The highest BCUT2D eigenvalue weighted by Gasteiger charge is 2.21. The zero-order valence-corrected chi connectivity index (χ0v) is 11.9. The maximum Gasteiger partial charge on any atom is 0.326 e. The highest BCUT2D eigenvalue weighted by molar-refractivity contribution is 5.96. The van der Waals surface area contributed by atoms with Crippen LogP contribution in [0.15, 0.2) is 24.3 Å². The maximum absolute atomic E-state index is 11.9. The molecular formula is C13H20N2O7. The average Bonchev–Trinajstić information content (AvgIpc) is 2.42. The van der Waals surface area contributed by atoms with E-state index in [4.69, 9.17) is 10.2 Å². The molecule has 1 aromatic rings. The second-order valence-corrected chi connectivity index (χ2v) is 4.12. The number of rotatable bonds is 7. The van der Waals surface area contributed by atoms with Gasteiger partial charge in [-0.15, -0.1) is 0 Å². The van der Waals surface area contributed by atoms with Crippen molar-refractivity contribution in [2.45, 2.75) is 18.9 Å². The van der Waals surface area contributed by atoms with Gasteiger partial charge in [-0.25, -0.2) is 4.79 Å². The number of carboxylic acid groups (broad SMARTS) is 2. The molecule has 0 radical (unpaired) electrons. The molecule has 0 aromatic heterocycles. The van der Waals surface area contributed by atoms with E-state index in [1.165, 1.54) is 0 Å². The van der Waals surface area contributed by atoms with Crippen molar-refractivity contribution in [2.75, 3.05) is 12.4 Å². The first-order valence-electron chi connectivity index (χ1n) is 5.97. The van der Waals surface area contributed by atoms with Crippen LogP contribution in [0.3, 0.4) is 0 Å².